The van der Waals surface area contributed by atoms with Crippen molar-refractivity contribution in [1.82, 2.24) is 25.1 Å². The van der Waals surface area contributed by atoms with Crippen molar-refractivity contribution in [2.75, 3.05) is 18.4 Å². The Morgan fingerprint density at radius 1 is 1.30 bits per heavy atom. The van der Waals surface area contributed by atoms with Crippen LogP contribution in [-0.4, -0.2) is 56.2 Å². The second-order valence-corrected chi connectivity index (χ2v) is 5.57. The van der Waals surface area contributed by atoms with E-state index in [1.54, 1.807) is 29.3 Å². The number of hydrogen-bond donors (Lipinski definition) is 1. The summed E-state index contributed by atoms with van der Waals surface area (Å²) in [5, 5.41) is 11.1. The molecule has 0 bridgehead atoms. The van der Waals surface area contributed by atoms with Crippen LogP contribution in [0.5, 0.6) is 5.88 Å². The van der Waals surface area contributed by atoms with Gasteiger partial charge in [-0.25, -0.2) is 9.97 Å². The van der Waals surface area contributed by atoms with Gasteiger partial charge in [0.1, 0.15) is 12.1 Å². The van der Waals surface area contributed by atoms with Crippen LogP contribution in [0.4, 0.5) is 5.82 Å². The fourth-order valence-electron chi connectivity index (χ4n) is 2.22. The van der Waals surface area contributed by atoms with Crippen molar-refractivity contribution in [2.45, 2.75) is 26.0 Å². The van der Waals surface area contributed by atoms with Crippen LogP contribution in [-0.2, 0) is 0 Å². The first-order valence-electron chi connectivity index (χ1n) is 7.44. The van der Waals surface area contributed by atoms with Gasteiger partial charge in [-0.05, 0) is 26.0 Å². The molecule has 8 heteroatoms. The average Bonchev–Trinajstić information content (AvgIpc) is 2.51. The Labute approximate surface area is 133 Å². The van der Waals surface area contributed by atoms with Gasteiger partial charge in [0, 0.05) is 25.4 Å². The topological polar surface area (TPSA) is 93.1 Å². The molecule has 0 aromatic carbocycles. The van der Waals surface area contributed by atoms with Crippen LogP contribution in [0.2, 0.25) is 0 Å². The molecule has 2 aromatic heterocycles. The number of likely N-dealkylation sites (tertiary alicyclic amines) is 1. The van der Waals surface area contributed by atoms with E-state index in [-0.39, 0.29) is 18.1 Å². The minimum atomic E-state index is -0.130. The molecular weight excluding hydrogens is 296 g/mol. The van der Waals surface area contributed by atoms with E-state index in [4.69, 9.17) is 4.74 Å². The van der Waals surface area contributed by atoms with Crippen LogP contribution in [0.15, 0.2) is 30.7 Å². The van der Waals surface area contributed by atoms with Crippen molar-refractivity contribution in [1.29, 1.82) is 0 Å². The summed E-state index contributed by atoms with van der Waals surface area (Å²) >= 11 is 0. The number of hydrogen-bond acceptors (Lipinski definition) is 7. The summed E-state index contributed by atoms with van der Waals surface area (Å²) in [6.45, 7) is 5.03. The van der Waals surface area contributed by atoms with Crippen molar-refractivity contribution >= 4 is 11.7 Å². The number of rotatable bonds is 5. The minimum Gasteiger partial charge on any atom is -0.474 e. The number of carbonyl (C=O) groups excluding carboxylic acids is 1. The summed E-state index contributed by atoms with van der Waals surface area (Å²) in [4.78, 5) is 22.0. The van der Waals surface area contributed by atoms with Gasteiger partial charge >= 0.3 is 0 Å². The van der Waals surface area contributed by atoms with Gasteiger partial charge in [0.2, 0.25) is 5.88 Å². The number of aromatic nitrogens is 4. The summed E-state index contributed by atoms with van der Waals surface area (Å²) in [6, 6.07) is 5.28. The zero-order valence-corrected chi connectivity index (χ0v) is 13.0. The second-order valence-electron chi connectivity index (χ2n) is 5.57. The number of nitrogens with zero attached hydrogens (tertiary/aromatic N) is 5. The molecular formula is C15H18N6O2. The van der Waals surface area contributed by atoms with Crippen LogP contribution in [0.1, 0.15) is 24.3 Å². The number of amides is 1. The van der Waals surface area contributed by atoms with Crippen molar-refractivity contribution in [3.05, 3.63) is 36.4 Å². The highest BCUT2D eigenvalue weighted by molar-refractivity contribution is 5.92. The predicted molar refractivity (Wildman–Crippen MR) is 83.1 cm³/mol. The first kappa shape index (κ1) is 15.1. The summed E-state index contributed by atoms with van der Waals surface area (Å²) in [5.41, 5.74) is 0.321. The standard InChI is InChI=1S/C15H18N6O2/c1-10(2)23-14-4-3-12(19-20-14)15(22)21-7-11(8-21)18-13-5-6-16-9-17-13/h3-6,9-11H,7-8H2,1-2H3,(H,16,17,18). The van der Waals surface area contributed by atoms with E-state index < -0.39 is 0 Å². The fourth-order valence-corrected chi connectivity index (χ4v) is 2.22. The van der Waals surface area contributed by atoms with Gasteiger partial charge in [-0.2, -0.15) is 0 Å². The summed E-state index contributed by atoms with van der Waals surface area (Å²) in [5.74, 6) is 1.05. The highest BCUT2D eigenvalue weighted by Crippen LogP contribution is 2.16. The fraction of sp³-hybridized carbons (Fsp3) is 0.400. The summed E-state index contributed by atoms with van der Waals surface area (Å²) in [7, 11) is 0. The molecule has 0 spiro atoms. The van der Waals surface area contributed by atoms with E-state index >= 15 is 0 Å². The van der Waals surface area contributed by atoms with Gasteiger partial charge in [-0.15, -0.1) is 10.2 Å². The molecule has 0 atom stereocenters. The molecule has 1 amide bonds. The number of carbonyl (C=O) groups is 1. The highest BCUT2D eigenvalue weighted by atomic mass is 16.5. The Balaban J connectivity index is 1.52. The normalized spacial score (nSPS) is 14.5. The molecule has 1 fully saturated rings. The zero-order chi connectivity index (χ0) is 16.2. The molecule has 1 aliphatic heterocycles. The molecule has 1 aliphatic rings. The van der Waals surface area contributed by atoms with Gasteiger partial charge in [0.25, 0.3) is 5.91 Å². The van der Waals surface area contributed by atoms with Gasteiger partial charge < -0.3 is 15.0 Å². The molecule has 0 aliphatic carbocycles. The zero-order valence-electron chi connectivity index (χ0n) is 13.0. The molecule has 2 aromatic rings. The molecule has 1 N–H and O–H groups in total. The summed E-state index contributed by atoms with van der Waals surface area (Å²) < 4.78 is 5.41. The predicted octanol–water partition coefficient (Wildman–Crippen LogP) is 0.990. The van der Waals surface area contributed by atoms with Gasteiger partial charge in [-0.3, -0.25) is 4.79 Å². The summed E-state index contributed by atoms with van der Waals surface area (Å²) in [6.07, 6.45) is 3.18. The molecule has 0 unspecified atom stereocenters. The maximum Gasteiger partial charge on any atom is 0.274 e. The third-order valence-electron chi connectivity index (χ3n) is 3.32. The van der Waals surface area contributed by atoms with E-state index in [9.17, 15) is 4.79 Å². The van der Waals surface area contributed by atoms with E-state index in [1.165, 1.54) is 6.33 Å². The van der Waals surface area contributed by atoms with E-state index in [2.05, 4.69) is 25.5 Å². The number of anilines is 1. The Bertz CT molecular complexity index is 655. The molecule has 0 radical (unpaired) electrons. The average molecular weight is 314 g/mol. The van der Waals surface area contributed by atoms with Gasteiger partial charge in [0.15, 0.2) is 5.69 Å². The van der Waals surface area contributed by atoms with Crippen molar-refractivity contribution in [3.8, 4) is 5.88 Å². The number of nitrogens with one attached hydrogen (secondary N) is 1. The number of ether oxygens (including phenoxy) is 1. The van der Waals surface area contributed by atoms with Crippen molar-refractivity contribution in [2.24, 2.45) is 0 Å². The van der Waals surface area contributed by atoms with Crippen LogP contribution in [0.3, 0.4) is 0 Å². The Hall–Kier alpha value is -2.77. The Morgan fingerprint density at radius 2 is 2.13 bits per heavy atom. The first-order valence-corrected chi connectivity index (χ1v) is 7.44. The monoisotopic (exact) mass is 314 g/mol. The van der Waals surface area contributed by atoms with Crippen LogP contribution < -0.4 is 10.1 Å². The molecule has 3 rings (SSSR count). The Morgan fingerprint density at radius 3 is 2.74 bits per heavy atom. The first-order chi connectivity index (χ1) is 11.1. The van der Waals surface area contributed by atoms with Crippen LogP contribution >= 0.6 is 0 Å². The van der Waals surface area contributed by atoms with E-state index in [0.717, 1.165) is 5.82 Å². The molecule has 1 saturated heterocycles. The third kappa shape index (κ3) is 3.71. The van der Waals surface area contributed by atoms with E-state index in [0.29, 0.717) is 24.7 Å². The lowest BCUT2D eigenvalue weighted by Gasteiger charge is -2.39. The quantitative estimate of drug-likeness (QED) is 0.879. The van der Waals surface area contributed by atoms with Crippen molar-refractivity contribution in [3.63, 3.8) is 0 Å². The maximum atomic E-state index is 12.3. The largest absolute Gasteiger partial charge is 0.474 e. The lowest BCUT2D eigenvalue weighted by Crippen LogP contribution is -2.57. The highest BCUT2D eigenvalue weighted by Gasteiger charge is 2.32. The second kappa shape index (κ2) is 6.55. The van der Waals surface area contributed by atoms with Gasteiger partial charge in [0.05, 0.1) is 12.1 Å². The molecule has 0 saturated carbocycles. The van der Waals surface area contributed by atoms with Gasteiger partial charge in [-0.1, -0.05) is 0 Å². The van der Waals surface area contributed by atoms with Crippen LogP contribution in [0, 0.1) is 0 Å². The lowest BCUT2D eigenvalue weighted by atomic mass is 10.1. The third-order valence-corrected chi connectivity index (χ3v) is 3.32. The maximum absolute atomic E-state index is 12.3. The molecule has 120 valence electrons. The van der Waals surface area contributed by atoms with Crippen LogP contribution in [0.25, 0.3) is 0 Å². The van der Waals surface area contributed by atoms with E-state index in [1.807, 2.05) is 13.8 Å². The smallest absolute Gasteiger partial charge is 0.274 e. The SMILES string of the molecule is CC(C)Oc1ccc(C(=O)N2CC(Nc3ccncn3)C2)nn1. The molecule has 3 heterocycles. The molecule has 23 heavy (non-hydrogen) atoms. The lowest BCUT2D eigenvalue weighted by molar-refractivity contribution is 0.0617. The van der Waals surface area contributed by atoms with Crippen molar-refractivity contribution < 1.29 is 9.53 Å². The Kier molecular flexibility index (Phi) is 4.31. The molecule has 8 nitrogen and oxygen atoms in total. The minimum absolute atomic E-state index is 0.0230.